The van der Waals surface area contributed by atoms with Gasteiger partial charge in [0.15, 0.2) is 0 Å². The van der Waals surface area contributed by atoms with E-state index in [1.54, 1.807) is 0 Å². The second-order valence-electron chi connectivity index (χ2n) is 13.0. The van der Waals surface area contributed by atoms with Crippen molar-refractivity contribution >= 4 is 19.9 Å². The number of benzene rings is 4. The van der Waals surface area contributed by atoms with Gasteiger partial charge in [-0.15, -0.1) is 13.0 Å². The van der Waals surface area contributed by atoms with Crippen molar-refractivity contribution in [1.82, 2.24) is 0 Å². The summed E-state index contributed by atoms with van der Waals surface area (Å²) in [6, 6.07) is 42.4. The maximum Gasteiger partial charge on any atom is 0.103 e. The molecule has 253 valence electrons. The van der Waals surface area contributed by atoms with Gasteiger partial charge in [-0.3, -0.25) is 6.08 Å². The Labute approximate surface area is 315 Å². The average molecular weight is 820 g/mol. The molecule has 0 amide bonds. The molecule has 1 fully saturated rings. The summed E-state index contributed by atoms with van der Waals surface area (Å²) in [6.45, 7) is 8.67. The largest absolute Gasteiger partial charge is 0.675 e. The van der Waals surface area contributed by atoms with Crippen LogP contribution < -0.4 is 10.4 Å². The van der Waals surface area contributed by atoms with Gasteiger partial charge in [-0.05, 0) is 11.1 Å². The van der Waals surface area contributed by atoms with E-state index in [-0.39, 0.29) is 41.4 Å². The first-order chi connectivity index (χ1) is 22.9. The summed E-state index contributed by atoms with van der Waals surface area (Å²) in [4.78, 5) is 0. The quantitative estimate of drug-likeness (QED) is 0.145. The Balaban J connectivity index is 0.000000223. The predicted octanol–water partition coefficient (Wildman–Crippen LogP) is 11.9. The van der Waals surface area contributed by atoms with Crippen LogP contribution in [0.4, 0.5) is 0 Å². The first-order valence-electron chi connectivity index (χ1n) is 18.0. The molecule has 2 aliphatic carbocycles. The monoisotopic (exact) mass is 820 g/mol. The maximum atomic E-state index is 7.80. The van der Waals surface area contributed by atoms with Crippen molar-refractivity contribution < 1.29 is 25.8 Å². The summed E-state index contributed by atoms with van der Waals surface area (Å²) in [5.74, 6) is 0.560. The number of hydrogen-bond acceptors (Lipinski definition) is 0. The molecule has 0 saturated heterocycles. The van der Waals surface area contributed by atoms with Crippen LogP contribution in [0.15, 0.2) is 138 Å². The molecule has 6 rings (SSSR count). The van der Waals surface area contributed by atoms with E-state index in [1.807, 2.05) is 12.1 Å². The van der Waals surface area contributed by atoms with Gasteiger partial charge in [0.2, 0.25) is 0 Å². The van der Waals surface area contributed by atoms with Gasteiger partial charge in [0.1, 0.15) is 9.52 Å². The third-order valence-corrected chi connectivity index (χ3v) is 10.6. The topological polar surface area (TPSA) is 23.8 Å². The minimum absolute atomic E-state index is 0. The summed E-state index contributed by atoms with van der Waals surface area (Å²) in [5, 5.41) is 2.90. The number of hydrogen-bond donors (Lipinski definition) is 0. The minimum atomic E-state index is 0. The Morgan fingerprint density at radius 3 is 1.15 bits per heavy atom. The molecule has 1 saturated carbocycles. The fourth-order valence-corrected chi connectivity index (χ4v) is 7.09. The Kier molecular flexibility index (Phi) is 22.0. The van der Waals surface area contributed by atoms with Crippen molar-refractivity contribution in [1.29, 1.82) is 0 Å². The summed E-state index contributed by atoms with van der Waals surface area (Å²) < 4.78 is 0. The molecule has 2 aliphatic rings. The van der Waals surface area contributed by atoms with Crippen molar-refractivity contribution in [3.63, 3.8) is 0 Å². The predicted molar refractivity (Wildman–Crippen MR) is 210 cm³/mol. The van der Waals surface area contributed by atoms with Crippen LogP contribution in [0.1, 0.15) is 98.3 Å². The molecule has 4 aromatic carbocycles. The van der Waals surface area contributed by atoms with Crippen LogP contribution in [-0.4, -0.2) is 15.6 Å². The van der Waals surface area contributed by atoms with Gasteiger partial charge >= 0.3 is 0 Å². The van der Waals surface area contributed by atoms with Gasteiger partial charge in [0, 0.05) is 25.8 Å². The van der Waals surface area contributed by atoms with Crippen molar-refractivity contribution in [2.24, 2.45) is 5.92 Å². The van der Waals surface area contributed by atoms with Crippen LogP contribution in [0.5, 0.6) is 0 Å². The molecule has 3 heteroatoms. The number of rotatable bonds is 3. The zero-order chi connectivity index (χ0) is 33.5. The Morgan fingerprint density at radius 2 is 0.854 bits per heavy atom. The van der Waals surface area contributed by atoms with Crippen molar-refractivity contribution in [2.45, 2.75) is 104 Å². The number of allylic oxidation sites excluding steroid dienone is 4. The molecule has 0 spiro atoms. The molecule has 0 aromatic heterocycles. The molecule has 0 aliphatic heterocycles. The summed E-state index contributed by atoms with van der Waals surface area (Å²) in [7, 11) is 0.271. The van der Waals surface area contributed by atoms with E-state index in [4.69, 9.17) is 5.73 Å². The van der Waals surface area contributed by atoms with Crippen LogP contribution in [-0.2, 0) is 25.8 Å². The molecule has 1 atom stereocenters. The molecule has 0 bridgehead atoms. The standard InChI is InChI=1S/C12H24N.C12H11Si.C12H10.C9H13.Hf/c13-12-10-8-6-4-2-1-3-5-7-9-11-12;1-3-7-11(8-4-1)13-12-9-5-2-6-10-12;1-3-7-11(8-4-1)12-9-5-2-6-10-12;1-6-5-7(2)9(4)8(6)3;/h12-13H,1-11H2;1-10,13H;1-10H;6H,1-4H3;/q-1;;;-1;. The normalized spacial score (nSPS) is 16.9. The van der Waals surface area contributed by atoms with Gasteiger partial charge in [0.05, 0.1) is 0 Å². The molecule has 1 N–H and O–H groups in total. The van der Waals surface area contributed by atoms with Crippen molar-refractivity contribution in [3.8, 4) is 11.1 Å². The van der Waals surface area contributed by atoms with E-state index in [9.17, 15) is 0 Å². The second-order valence-corrected chi connectivity index (χ2v) is 14.6. The number of nitrogens with one attached hydrogen (secondary N) is 1. The van der Waals surface area contributed by atoms with Gasteiger partial charge < -0.3 is 5.73 Å². The zero-order valence-corrected chi connectivity index (χ0v) is 34.8. The smallest absolute Gasteiger partial charge is 0.103 e. The molecule has 4 aromatic rings. The van der Waals surface area contributed by atoms with E-state index in [0.717, 1.165) is 12.8 Å². The second kappa shape index (κ2) is 25.4. The van der Waals surface area contributed by atoms with E-state index >= 15 is 0 Å². The Bertz CT molecular complexity index is 1330. The Morgan fingerprint density at radius 1 is 0.521 bits per heavy atom. The average Bonchev–Trinajstić information content (AvgIpc) is 3.33. The molecule has 1 nitrogen and oxygen atoms in total. The first-order valence-corrected chi connectivity index (χ1v) is 19.1. The van der Waals surface area contributed by atoms with Crippen molar-refractivity contribution in [2.75, 3.05) is 0 Å². The third-order valence-electron chi connectivity index (χ3n) is 9.16. The van der Waals surface area contributed by atoms with Gasteiger partial charge in [0.25, 0.3) is 0 Å². The third kappa shape index (κ3) is 17.2. The van der Waals surface area contributed by atoms with E-state index < -0.39 is 0 Å². The molecule has 1 radical (unpaired) electrons. The summed E-state index contributed by atoms with van der Waals surface area (Å²) in [5.41, 5.74) is 14.6. The molecular weight excluding hydrogens is 761 g/mol. The maximum absolute atomic E-state index is 7.80. The summed E-state index contributed by atoms with van der Waals surface area (Å²) in [6.07, 6.45) is 18.1. The molecular formula is C45H58HfNSi-2. The molecule has 48 heavy (non-hydrogen) atoms. The van der Waals surface area contributed by atoms with Gasteiger partial charge in [-0.25, -0.2) is 5.57 Å². The van der Waals surface area contributed by atoms with E-state index in [1.165, 1.54) is 96.0 Å². The van der Waals surface area contributed by atoms with Gasteiger partial charge in [-0.2, -0.15) is 11.1 Å². The fourth-order valence-electron chi connectivity index (χ4n) is 5.88. The van der Waals surface area contributed by atoms with Crippen molar-refractivity contribution in [3.05, 3.63) is 150 Å². The van der Waals surface area contributed by atoms with E-state index in [0.29, 0.717) is 5.92 Å². The van der Waals surface area contributed by atoms with Crippen LogP contribution in [0.2, 0.25) is 0 Å². The molecule has 0 heterocycles. The van der Waals surface area contributed by atoms with Crippen LogP contribution in [0, 0.1) is 12.0 Å². The SMILES string of the molecule is CC1=[C-]C(C)C(C)=C1C.[Hf].[NH-]C1CCCCCCCCCCC1.c1ccc(-c2ccccc2)cc1.c1ccc([SiH]c2ccccc2)cc1. The van der Waals surface area contributed by atoms with Gasteiger partial charge in [-0.1, -0.05) is 229 Å². The summed E-state index contributed by atoms with van der Waals surface area (Å²) >= 11 is 0. The Hall–Kier alpha value is -2.59. The minimum Gasteiger partial charge on any atom is -0.675 e. The molecule has 1 unspecified atom stereocenters. The van der Waals surface area contributed by atoms with Crippen LogP contribution in [0.25, 0.3) is 16.9 Å². The van der Waals surface area contributed by atoms with E-state index in [2.05, 4.69) is 143 Å². The first kappa shape index (κ1) is 41.6. The zero-order valence-electron chi connectivity index (χ0n) is 30.1. The fraction of sp³-hybridized carbons (Fsp3) is 0.378. The van der Waals surface area contributed by atoms with Crippen LogP contribution >= 0.6 is 0 Å². The van der Waals surface area contributed by atoms with Crippen LogP contribution in [0.3, 0.4) is 0 Å².